The summed E-state index contributed by atoms with van der Waals surface area (Å²) in [4.78, 5) is 16.0. The molecule has 2 aromatic carbocycles. The second-order valence-electron chi connectivity index (χ2n) is 6.93. The number of aryl methyl sites for hydroxylation is 1. The Morgan fingerprint density at radius 2 is 1.82 bits per heavy atom. The van der Waals surface area contributed by atoms with Gasteiger partial charge in [-0.05, 0) is 37.1 Å². The largest absolute Gasteiger partial charge is 0.462 e. The zero-order valence-corrected chi connectivity index (χ0v) is 16.9. The molecule has 6 nitrogen and oxygen atoms in total. The van der Waals surface area contributed by atoms with Crippen molar-refractivity contribution in [3.8, 4) is 23.1 Å². The maximum Gasteiger partial charge on any atom is 0.336 e. The molecule has 0 saturated carbocycles. The fraction of sp³-hybridized carbons (Fsp3) is 0.286. The van der Waals surface area contributed by atoms with Gasteiger partial charge in [0.1, 0.15) is 5.88 Å². The van der Waals surface area contributed by atoms with Gasteiger partial charge in [-0.1, -0.05) is 43.7 Å². The molecule has 0 bridgehead atoms. The van der Waals surface area contributed by atoms with Crippen LogP contribution in [0.3, 0.4) is 0 Å². The number of rotatable bonds is 7. The monoisotopic (exact) mass is 398 g/mol. The number of amides is 1. The van der Waals surface area contributed by atoms with Crippen LogP contribution in [0.25, 0.3) is 17.1 Å². The van der Waals surface area contributed by atoms with Crippen LogP contribution in [0.2, 0.25) is 0 Å². The second-order valence-corrected chi connectivity index (χ2v) is 7.20. The van der Waals surface area contributed by atoms with Crippen molar-refractivity contribution in [2.75, 3.05) is 17.8 Å². The molecule has 0 radical (unpaired) electrons. The molecule has 0 fully saturated rings. The molecule has 28 heavy (non-hydrogen) atoms. The smallest absolute Gasteiger partial charge is 0.336 e. The van der Waals surface area contributed by atoms with E-state index in [-0.39, 0.29) is 11.8 Å². The highest BCUT2D eigenvalue weighted by molar-refractivity contribution is 6.29. The van der Waals surface area contributed by atoms with Crippen molar-refractivity contribution in [3.05, 3.63) is 54.1 Å². The Balaban J connectivity index is 1.95. The maximum atomic E-state index is 11.4. The molecule has 1 aromatic heterocycles. The third kappa shape index (κ3) is 4.89. The summed E-state index contributed by atoms with van der Waals surface area (Å²) in [5.41, 5.74) is 3.59. The average molecular weight is 399 g/mol. The quantitative estimate of drug-likeness (QED) is 0.597. The molecule has 3 aromatic rings. The minimum absolute atomic E-state index is 0.0844. The molecular weight excluding hydrogens is 376 g/mol. The number of ether oxygens (including phenoxy) is 1. The van der Waals surface area contributed by atoms with E-state index < -0.39 is 0 Å². The fourth-order valence-corrected chi connectivity index (χ4v) is 2.61. The Morgan fingerprint density at radius 1 is 1.14 bits per heavy atom. The number of nitrogens with one attached hydrogen (secondary N) is 1. The van der Waals surface area contributed by atoms with Crippen LogP contribution in [0.4, 0.5) is 5.69 Å². The predicted molar refractivity (Wildman–Crippen MR) is 111 cm³/mol. The second kappa shape index (κ2) is 8.89. The third-order valence-corrected chi connectivity index (χ3v) is 4.20. The van der Waals surface area contributed by atoms with Crippen LogP contribution >= 0.6 is 11.6 Å². The first-order valence-electron chi connectivity index (χ1n) is 9.09. The number of hydrogen-bond acceptors (Lipinski definition) is 4. The zero-order valence-electron chi connectivity index (χ0n) is 16.1. The van der Waals surface area contributed by atoms with E-state index in [4.69, 9.17) is 16.3 Å². The molecule has 7 heteroatoms. The molecule has 1 amide bonds. The molecule has 0 unspecified atom stereocenters. The fourth-order valence-electron chi connectivity index (χ4n) is 2.55. The summed E-state index contributed by atoms with van der Waals surface area (Å²) >= 11 is 5.54. The van der Waals surface area contributed by atoms with E-state index in [1.807, 2.05) is 43.3 Å². The van der Waals surface area contributed by atoms with Crippen molar-refractivity contribution in [2.24, 2.45) is 5.92 Å². The van der Waals surface area contributed by atoms with E-state index in [0.29, 0.717) is 30.0 Å². The van der Waals surface area contributed by atoms with Crippen molar-refractivity contribution < 1.29 is 9.53 Å². The maximum absolute atomic E-state index is 11.4. The minimum atomic E-state index is -0.250. The standard InChI is InChI=1S/C21H23ClN4O2/c1-14(2)13-28-21-24-20(16-6-4-15(3)5-7-16)26(25-21)18-10-8-17(9-11-18)23-19(27)12-22/h4-11,14H,12-13H2,1-3H3,(H,23,27). The minimum Gasteiger partial charge on any atom is -0.462 e. The Morgan fingerprint density at radius 3 is 2.43 bits per heavy atom. The van der Waals surface area contributed by atoms with E-state index >= 15 is 0 Å². The first kappa shape index (κ1) is 19.9. The van der Waals surface area contributed by atoms with Crippen molar-refractivity contribution in [1.29, 1.82) is 0 Å². The Hall–Kier alpha value is -2.86. The molecule has 0 aliphatic carbocycles. The number of benzene rings is 2. The van der Waals surface area contributed by atoms with E-state index in [2.05, 4.69) is 29.2 Å². The average Bonchev–Trinajstić information content (AvgIpc) is 3.11. The van der Waals surface area contributed by atoms with Gasteiger partial charge in [0.15, 0.2) is 5.82 Å². The van der Waals surface area contributed by atoms with Gasteiger partial charge in [0, 0.05) is 11.3 Å². The highest BCUT2D eigenvalue weighted by atomic mass is 35.5. The number of halogens is 1. The van der Waals surface area contributed by atoms with Crippen LogP contribution in [-0.4, -0.2) is 33.2 Å². The molecule has 0 spiro atoms. The van der Waals surface area contributed by atoms with Gasteiger partial charge in [0.25, 0.3) is 0 Å². The highest BCUT2D eigenvalue weighted by Gasteiger charge is 2.15. The van der Waals surface area contributed by atoms with E-state index in [1.165, 1.54) is 5.56 Å². The van der Waals surface area contributed by atoms with Gasteiger partial charge in [-0.15, -0.1) is 16.7 Å². The summed E-state index contributed by atoms with van der Waals surface area (Å²) in [5.74, 6) is 0.731. The molecule has 0 saturated heterocycles. The molecule has 1 N–H and O–H groups in total. The molecule has 0 aliphatic rings. The molecule has 1 heterocycles. The molecular formula is C21H23ClN4O2. The predicted octanol–water partition coefficient (Wildman–Crippen LogP) is 4.45. The number of carbonyl (C=O) groups is 1. The Bertz CT molecular complexity index is 934. The SMILES string of the molecule is Cc1ccc(-c2nc(OCC(C)C)nn2-c2ccc(NC(=O)CCl)cc2)cc1. The van der Waals surface area contributed by atoms with Gasteiger partial charge in [-0.25, -0.2) is 4.68 Å². The number of alkyl halides is 1. The topological polar surface area (TPSA) is 69.0 Å². The molecule has 146 valence electrons. The number of anilines is 1. The van der Waals surface area contributed by atoms with Gasteiger partial charge in [0.2, 0.25) is 5.91 Å². The summed E-state index contributed by atoms with van der Waals surface area (Å²) in [5, 5.41) is 7.25. The van der Waals surface area contributed by atoms with Crippen LogP contribution in [0.15, 0.2) is 48.5 Å². The summed E-state index contributed by atoms with van der Waals surface area (Å²) in [7, 11) is 0. The summed E-state index contributed by atoms with van der Waals surface area (Å²) in [6.07, 6.45) is 0. The number of hydrogen-bond donors (Lipinski definition) is 1. The normalized spacial score (nSPS) is 10.9. The lowest BCUT2D eigenvalue weighted by atomic mass is 10.1. The molecule has 0 aliphatic heterocycles. The third-order valence-electron chi connectivity index (χ3n) is 3.96. The lowest BCUT2D eigenvalue weighted by Crippen LogP contribution is -2.12. The Labute approximate surface area is 169 Å². The van der Waals surface area contributed by atoms with Gasteiger partial charge in [-0.3, -0.25) is 4.79 Å². The van der Waals surface area contributed by atoms with Crippen molar-refractivity contribution in [2.45, 2.75) is 20.8 Å². The van der Waals surface area contributed by atoms with E-state index in [0.717, 1.165) is 11.3 Å². The summed E-state index contributed by atoms with van der Waals surface area (Å²) < 4.78 is 7.48. The van der Waals surface area contributed by atoms with E-state index in [9.17, 15) is 4.79 Å². The van der Waals surface area contributed by atoms with E-state index in [1.54, 1.807) is 16.8 Å². The summed E-state index contributed by atoms with van der Waals surface area (Å²) in [6.45, 7) is 6.73. The number of nitrogens with zero attached hydrogens (tertiary/aromatic N) is 3. The molecule has 0 atom stereocenters. The lowest BCUT2D eigenvalue weighted by Gasteiger charge is -2.08. The van der Waals surface area contributed by atoms with Crippen LogP contribution < -0.4 is 10.1 Å². The Kier molecular flexibility index (Phi) is 6.31. The first-order chi connectivity index (χ1) is 13.5. The molecule has 3 rings (SSSR count). The lowest BCUT2D eigenvalue weighted by molar-refractivity contribution is -0.113. The van der Waals surface area contributed by atoms with Crippen LogP contribution in [-0.2, 0) is 4.79 Å². The first-order valence-corrected chi connectivity index (χ1v) is 9.63. The van der Waals surface area contributed by atoms with Crippen molar-refractivity contribution in [1.82, 2.24) is 14.8 Å². The van der Waals surface area contributed by atoms with Gasteiger partial charge in [0.05, 0.1) is 12.3 Å². The van der Waals surface area contributed by atoms with Gasteiger partial charge >= 0.3 is 6.01 Å². The zero-order chi connectivity index (χ0) is 20.1. The van der Waals surface area contributed by atoms with Gasteiger partial charge in [-0.2, -0.15) is 4.98 Å². The van der Waals surface area contributed by atoms with Crippen LogP contribution in [0.5, 0.6) is 6.01 Å². The summed E-state index contributed by atoms with van der Waals surface area (Å²) in [6, 6.07) is 15.8. The van der Waals surface area contributed by atoms with Crippen LogP contribution in [0.1, 0.15) is 19.4 Å². The van der Waals surface area contributed by atoms with Gasteiger partial charge < -0.3 is 10.1 Å². The highest BCUT2D eigenvalue weighted by Crippen LogP contribution is 2.25. The van der Waals surface area contributed by atoms with Crippen molar-refractivity contribution >= 4 is 23.2 Å². The number of aromatic nitrogens is 3. The van der Waals surface area contributed by atoms with Crippen molar-refractivity contribution in [3.63, 3.8) is 0 Å². The number of carbonyl (C=O) groups excluding carboxylic acids is 1. The van der Waals surface area contributed by atoms with Crippen LogP contribution in [0, 0.1) is 12.8 Å².